The summed E-state index contributed by atoms with van der Waals surface area (Å²) in [6.45, 7) is 10.5. The number of carbonyl (C=O) groups excluding carboxylic acids is 1. The molecule has 0 saturated carbocycles. The summed E-state index contributed by atoms with van der Waals surface area (Å²) in [6.07, 6.45) is 22.8. The van der Waals surface area contributed by atoms with E-state index in [0.717, 1.165) is 32.3 Å². The Morgan fingerprint density at radius 1 is 0.600 bits per heavy atom. The van der Waals surface area contributed by atoms with Crippen LogP contribution in [-0.2, 0) is 14.3 Å². The van der Waals surface area contributed by atoms with Gasteiger partial charge in [-0.05, 0) is 39.5 Å². The highest BCUT2D eigenvalue weighted by atomic mass is 16.5. The van der Waals surface area contributed by atoms with E-state index in [-0.39, 0.29) is 11.6 Å². The SMILES string of the molecule is CCCCCCCCOC(=O)CCCCCCCCOC(C)(C)CCCCCCC. The van der Waals surface area contributed by atoms with Crippen molar-refractivity contribution in [2.45, 2.75) is 155 Å². The van der Waals surface area contributed by atoms with Gasteiger partial charge in [-0.1, -0.05) is 104 Å². The van der Waals surface area contributed by atoms with Crippen LogP contribution in [0, 0.1) is 0 Å². The second-order valence-corrected chi connectivity index (χ2v) is 9.63. The lowest BCUT2D eigenvalue weighted by Gasteiger charge is -2.25. The van der Waals surface area contributed by atoms with Crippen LogP contribution in [-0.4, -0.2) is 24.8 Å². The van der Waals surface area contributed by atoms with Gasteiger partial charge in [0, 0.05) is 13.0 Å². The molecular weight excluding hydrogens is 372 g/mol. The second-order valence-electron chi connectivity index (χ2n) is 9.63. The van der Waals surface area contributed by atoms with Gasteiger partial charge in [0.2, 0.25) is 0 Å². The van der Waals surface area contributed by atoms with E-state index in [1.165, 1.54) is 89.9 Å². The van der Waals surface area contributed by atoms with Crippen LogP contribution in [0.2, 0.25) is 0 Å². The van der Waals surface area contributed by atoms with Crippen LogP contribution in [0.1, 0.15) is 150 Å². The molecule has 0 radical (unpaired) electrons. The molecule has 3 heteroatoms. The number of ether oxygens (including phenoxy) is 2. The molecule has 0 unspecified atom stereocenters. The molecule has 0 aromatic carbocycles. The van der Waals surface area contributed by atoms with Gasteiger partial charge >= 0.3 is 5.97 Å². The molecule has 0 bridgehead atoms. The smallest absolute Gasteiger partial charge is 0.305 e. The number of hydrogen-bond acceptors (Lipinski definition) is 3. The van der Waals surface area contributed by atoms with Gasteiger partial charge < -0.3 is 9.47 Å². The Bertz CT molecular complexity index is 365. The average molecular weight is 427 g/mol. The summed E-state index contributed by atoms with van der Waals surface area (Å²) in [5.74, 6) is -0.00566. The quantitative estimate of drug-likeness (QED) is 0.121. The molecule has 0 heterocycles. The van der Waals surface area contributed by atoms with Gasteiger partial charge in [-0.25, -0.2) is 0 Å². The Morgan fingerprint density at radius 3 is 1.67 bits per heavy atom. The molecule has 0 aliphatic rings. The number of carbonyl (C=O) groups is 1. The minimum atomic E-state index is -0.00566. The van der Waals surface area contributed by atoms with Gasteiger partial charge in [0.1, 0.15) is 0 Å². The third kappa shape index (κ3) is 22.1. The predicted molar refractivity (Wildman–Crippen MR) is 130 cm³/mol. The van der Waals surface area contributed by atoms with Gasteiger partial charge in [-0.2, -0.15) is 0 Å². The molecule has 0 aliphatic carbocycles. The fourth-order valence-corrected chi connectivity index (χ4v) is 3.79. The maximum atomic E-state index is 11.7. The minimum absolute atomic E-state index is 0.00566. The molecule has 0 aliphatic heterocycles. The highest BCUT2D eigenvalue weighted by molar-refractivity contribution is 5.69. The van der Waals surface area contributed by atoms with E-state index in [4.69, 9.17) is 9.47 Å². The summed E-state index contributed by atoms with van der Waals surface area (Å²) in [5, 5.41) is 0. The van der Waals surface area contributed by atoms with Crippen molar-refractivity contribution in [3.63, 3.8) is 0 Å². The summed E-state index contributed by atoms with van der Waals surface area (Å²) in [6, 6.07) is 0. The molecule has 0 aromatic heterocycles. The Morgan fingerprint density at radius 2 is 1.07 bits per heavy atom. The summed E-state index contributed by atoms with van der Waals surface area (Å²) >= 11 is 0. The zero-order chi connectivity index (χ0) is 22.3. The number of hydrogen-bond donors (Lipinski definition) is 0. The lowest BCUT2D eigenvalue weighted by atomic mass is 9.99. The lowest BCUT2D eigenvalue weighted by Crippen LogP contribution is -2.24. The molecule has 0 spiro atoms. The topological polar surface area (TPSA) is 35.5 Å². The Labute approximate surface area is 189 Å². The van der Waals surface area contributed by atoms with Crippen molar-refractivity contribution in [2.24, 2.45) is 0 Å². The van der Waals surface area contributed by atoms with Gasteiger partial charge in [-0.3, -0.25) is 4.79 Å². The lowest BCUT2D eigenvalue weighted by molar-refractivity contribution is -0.143. The normalized spacial score (nSPS) is 11.7. The maximum absolute atomic E-state index is 11.7. The predicted octanol–water partition coefficient (Wildman–Crippen LogP) is 8.78. The Balaban J connectivity index is 3.35. The first-order chi connectivity index (χ1) is 14.5. The van der Waals surface area contributed by atoms with E-state index in [0.29, 0.717) is 13.0 Å². The van der Waals surface area contributed by atoms with Crippen LogP contribution in [0.4, 0.5) is 0 Å². The van der Waals surface area contributed by atoms with Crippen LogP contribution in [0.25, 0.3) is 0 Å². The zero-order valence-corrected chi connectivity index (χ0v) is 21.1. The van der Waals surface area contributed by atoms with E-state index in [2.05, 4.69) is 27.7 Å². The molecule has 0 saturated heterocycles. The van der Waals surface area contributed by atoms with Gasteiger partial charge in [0.15, 0.2) is 0 Å². The fourth-order valence-electron chi connectivity index (χ4n) is 3.79. The number of unbranched alkanes of at least 4 members (excludes halogenated alkanes) is 14. The second kappa shape index (κ2) is 21.7. The van der Waals surface area contributed by atoms with Crippen molar-refractivity contribution in [3.05, 3.63) is 0 Å². The van der Waals surface area contributed by atoms with E-state index < -0.39 is 0 Å². The first-order valence-electron chi connectivity index (χ1n) is 13.3. The van der Waals surface area contributed by atoms with Crippen LogP contribution >= 0.6 is 0 Å². The minimum Gasteiger partial charge on any atom is -0.466 e. The van der Waals surface area contributed by atoms with Gasteiger partial charge in [0.05, 0.1) is 12.2 Å². The molecule has 30 heavy (non-hydrogen) atoms. The Kier molecular flexibility index (Phi) is 21.2. The van der Waals surface area contributed by atoms with Gasteiger partial charge in [0.25, 0.3) is 0 Å². The number of rotatable bonds is 23. The highest BCUT2D eigenvalue weighted by Gasteiger charge is 2.17. The van der Waals surface area contributed by atoms with E-state index in [9.17, 15) is 4.79 Å². The van der Waals surface area contributed by atoms with Crippen LogP contribution < -0.4 is 0 Å². The first kappa shape index (κ1) is 29.4. The zero-order valence-electron chi connectivity index (χ0n) is 21.1. The van der Waals surface area contributed by atoms with Crippen molar-refractivity contribution >= 4 is 5.97 Å². The average Bonchev–Trinajstić information content (AvgIpc) is 2.71. The molecule has 0 aromatic rings. The van der Waals surface area contributed by atoms with Gasteiger partial charge in [-0.15, -0.1) is 0 Å². The molecule has 0 N–H and O–H groups in total. The highest BCUT2D eigenvalue weighted by Crippen LogP contribution is 2.20. The molecule has 0 amide bonds. The monoisotopic (exact) mass is 426 g/mol. The van der Waals surface area contributed by atoms with Crippen LogP contribution in [0.3, 0.4) is 0 Å². The standard InChI is InChI=1S/C27H54O3/c1-5-7-9-11-16-20-24-29-26(28)22-18-14-12-13-17-21-25-30-27(3,4)23-19-15-10-8-6-2/h5-25H2,1-4H3. The third-order valence-corrected chi connectivity index (χ3v) is 5.91. The first-order valence-corrected chi connectivity index (χ1v) is 13.3. The summed E-state index contributed by atoms with van der Waals surface area (Å²) in [7, 11) is 0. The van der Waals surface area contributed by atoms with Crippen molar-refractivity contribution in [1.29, 1.82) is 0 Å². The third-order valence-electron chi connectivity index (χ3n) is 5.91. The van der Waals surface area contributed by atoms with E-state index in [1.807, 2.05) is 0 Å². The molecular formula is C27H54O3. The molecule has 180 valence electrons. The van der Waals surface area contributed by atoms with Crippen molar-refractivity contribution in [2.75, 3.05) is 13.2 Å². The van der Waals surface area contributed by atoms with E-state index in [1.54, 1.807) is 0 Å². The fraction of sp³-hybridized carbons (Fsp3) is 0.963. The molecule has 0 rings (SSSR count). The summed E-state index contributed by atoms with van der Waals surface area (Å²) < 4.78 is 11.4. The van der Waals surface area contributed by atoms with Crippen LogP contribution in [0.15, 0.2) is 0 Å². The largest absolute Gasteiger partial charge is 0.466 e. The van der Waals surface area contributed by atoms with Crippen molar-refractivity contribution in [1.82, 2.24) is 0 Å². The van der Waals surface area contributed by atoms with Crippen molar-refractivity contribution < 1.29 is 14.3 Å². The van der Waals surface area contributed by atoms with Crippen molar-refractivity contribution in [3.8, 4) is 0 Å². The summed E-state index contributed by atoms with van der Waals surface area (Å²) in [4.78, 5) is 11.7. The van der Waals surface area contributed by atoms with Crippen LogP contribution in [0.5, 0.6) is 0 Å². The molecule has 0 fully saturated rings. The summed E-state index contributed by atoms with van der Waals surface area (Å²) in [5.41, 5.74) is 0.0298. The maximum Gasteiger partial charge on any atom is 0.305 e. The molecule has 0 atom stereocenters. The number of esters is 1. The Hall–Kier alpha value is -0.570. The van der Waals surface area contributed by atoms with E-state index >= 15 is 0 Å². The molecule has 3 nitrogen and oxygen atoms in total.